The number of anilines is 1. The zero-order chi connectivity index (χ0) is 16.8. The second-order valence-corrected chi connectivity index (χ2v) is 7.81. The normalized spacial score (nSPS) is 21.6. The number of carboxylic acid groups (broad SMARTS) is 1. The molecule has 0 amide bonds. The average Bonchev–Trinajstić information content (AvgIpc) is 2.35. The fourth-order valence-electron chi connectivity index (χ4n) is 3.93. The van der Waals surface area contributed by atoms with E-state index in [-0.39, 0.29) is 11.5 Å². The quantitative estimate of drug-likeness (QED) is 0.893. The maximum atomic E-state index is 11.9. The van der Waals surface area contributed by atoms with Crippen LogP contribution < -0.4 is 4.90 Å². The van der Waals surface area contributed by atoms with Gasteiger partial charge in [-0.05, 0) is 68.7 Å². The number of rotatable bonds is 3. The van der Waals surface area contributed by atoms with Crippen LogP contribution in [0, 0.1) is 19.8 Å². The molecule has 0 saturated carbocycles. The van der Waals surface area contributed by atoms with Crippen molar-refractivity contribution in [2.45, 2.75) is 72.4 Å². The van der Waals surface area contributed by atoms with Crippen molar-refractivity contribution >= 4 is 11.7 Å². The van der Waals surface area contributed by atoms with Crippen molar-refractivity contribution in [2.24, 2.45) is 5.92 Å². The second kappa shape index (κ2) is 5.60. The molecule has 0 bridgehead atoms. The fraction of sp³-hybridized carbons (Fsp3) is 0.632. The molecule has 3 heteroatoms. The third kappa shape index (κ3) is 2.73. The van der Waals surface area contributed by atoms with E-state index in [0.717, 1.165) is 12.1 Å². The van der Waals surface area contributed by atoms with Crippen molar-refractivity contribution in [2.75, 3.05) is 4.90 Å². The number of hydrogen-bond acceptors (Lipinski definition) is 2. The SMILES string of the molecule is Cc1cc2c(cc1C)N([C@@H](C(=O)O)C(C)C)C(C)(C)C[C@@H]2C. The van der Waals surface area contributed by atoms with E-state index in [1.807, 2.05) is 13.8 Å². The zero-order valence-corrected chi connectivity index (χ0v) is 14.9. The summed E-state index contributed by atoms with van der Waals surface area (Å²) in [5, 5.41) is 9.80. The van der Waals surface area contributed by atoms with Gasteiger partial charge in [0.25, 0.3) is 0 Å². The van der Waals surface area contributed by atoms with E-state index in [0.29, 0.717) is 5.92 Å². The number of hydrogen-bond donors (Lipinski definition) is 1. The van der Waals surface area contributed by atoms with E-state index in [1.54, 1.807) is 0 Å². The Morgan fingerprint density at radius 2 is 1.82 bits per heavy atom. The van der Waals surface area contributed by atoms with E-state index in [2.05, 4.69) is 51.7 Å². The molecule has 1 aromatic carbocycles. The van der Waals surface area contributed by atoms with Gasteiger partial charge in [0.05, 0.1) is 0 Å². The van der Waals surface area contributed by atoms with Crippen LogP contribution in [0.15, 0.2) is 12.1 Å². The van der Waals surface area contributed by atoms with Gasteiger partial charge in [-0.2, -0.15) is 0 Å². The lowest BCUT2D eigenvalue weighted by Gasteiger charge is -2.51. The van der Waals surface area contributed by atoms with Gasteiger partial charge in [0.15, 0.2) is 0 Å². The molecule has 0 aromatic heterocycles. The van der Waals surface area contributed by atoms with Gasteiger partial charge < -0.3 is 10.0 Å². The first-order valence-electron chi connectivity index (χ1n) is 8.19. The highest BCUT2D eigenvalue weighted by molar-refractivity contribution is 5.80. The molecule has 3 nitrogen and oxygen atoms in total. The molecule has 2 atom stereocenters. The Balaban J connectivity index is 2.69. The number of benzene rings is 1. The predicted molar refractivity (Wildman–Crippen MR) is 91.8 cm³/mol. The number of carboxylic acids is 1. The molecule has 122 valence electrons. The lowest BCUT2D eigenvalue weighted by molar-refractivity contribution is -0.140. The minimum atomic E-state index is -0.734. The van der Waals surface area contributed by atoms with Gasteiger partial charge in [0.2, 0.25) is 0 Å². The Bertz CT molecular complexity index is 589. The highest BCUT2D eigenvalue weighted by atomic mass is 16.4. The summed E-state index contributed by atoms with van der Waals surface area (Å²) in [4.78, 5) is 14.1. The van der Waals surface area contributed by atoms with E-state index in [4.69, 9.17) is 0 Å². The van der Waals surface area contributed by atoms with Crippen LogP contribution >= 0.6 is 0 Å². The Kier molecular flexibility index (Phi) is 4.29. The third-order valence-corrected chi connectivity index (χ3v) is 5.05. The molecule has 1 aromatic rings. The summed E-state index contributed by atoms with van der Waals surface area (Å²) < 4.78 is 0. The number of carbonyl (C=O) groups is 1. The maximum Gasteiger partial charge on any atom is 0.326 e. The summed E-state index contributed by atoms with van der Waals surface area (Å²) in [6.07, 6.45) is 0.971. The zero-order valence-electron chi connectivity index (χ0n) is 14.9. The van der Waals surface area contributed by atoms with Gasteiger partial charge in [-0.3, -0.25) is 0 Å². The topological polar surface area (TPSA) is 40.5 Å². The average molecular weight is 303 g/mol. The van der Waals surface area contributed by atoms with Gasteiger partial charge in [-0.25, -0.2) is 4.79 Å². The summed E-state index contributed by atoms with van der Waals surface area (Å²) in [6, 6.07) is 3.93. The van der Waals surface area contributed by atoms with Crippen LogP contribution in [0.2, 0.25) is 0 Å². The van der Waals surface area contributed by atoms with E-state index < -0.39 is 12.0 Å². The summed E-state index contributed by atoms with van der Waals surface area (Å²) >= 11 is 0. The molecule has 0 fully saturated rings. The van der Waals surface area contributed by atoms with Crippen LogP contribution in [-0.2, 0) is 4.79 Å². The number of fused-ring (bicyclic) bond motifs is 1. The standard InChI is InChI=1S/C19H29NO2/c1-11(2)17(18(21)22)20-16-9-13(4)12(3)8-15(16)14(5)10-19(20,6)7/h8-9,11,14,17H,10H2,1-7H3,(H,21,22)/t14-,17+/m0/s1. The van der Waals surface area contributed by atoms with Crippen molar-refractivity contribution < 1.29 is 9.90 Å². The first-order chi connectivity index (χ1) is 10.1. The van der Waals surface area contributed by atoms with Gasteiger partial charge in [-0.15, -0.1) is 0 Å². The van der Waals surface area contributed by atoms with Crippen molar-refractivity contribution in [1.29, 1.82) is 0 Å². The van der Waals surface area contributed by atoms with Crippen molar-refractivity contribution in [1.82, 2.24) is 0 Å². The molecular weight excluding hydrogens is 274 g/mol. The lowest BCUT2D eigenvalue weighted by atomic mass is 9.77. The van der Waals surface area contributed by atoms with Gasteiger partial charge >= 0.3 is 5.97 Å². The van der Waals surface area contributed by atoms with Gasteiger partial charge in [-0.1, -0.05) is 26.8 Å². The first-order valence-corrected chi connectivity index (χ1v) is 8.19. The molecule has 1 heterocycles. The van der Waals surface area contributed by atoms with E-state index in [9.17, 15) is 9.90 Å². The lowest BCUT2D eigenvalue weighted by Crippen LogP contribution is -2.58. The van der Waals surface area contributed by atoms with Crippen LogP contribution in [0.4, 0.5) is 5.69 Å². The Hall–Kier alpha value is -1.51. The van der Waals surface area contributed by atoms with Crippen LogP contribution in [0.5, 0.6) is 0 Å². The predicted octanol–water partition coefficient (Wildman–Crippen LogP) is 4.50. The van der Waals surface area contributed by atoms with E-state index >= 15 is 0 Å². The maximum absolute atomic E-state index is 11.9. The summed E-state index contributed by atoms with van der Waals surface area (Å²) in [5.41, 5.74) is 4.73. The number of aryl methyl sites for hydroxylation is 2. The van der Waals surface area contributed by atoms with Gasteiger partial charge in [0.1, 0.15) is 6.04 Å². The van der Waals surface area contributed by atoms with Crippen LogP contribution in [0.25, 0.3) is 0 Å². The summed E-state index contributed by atoms with van der Waals surface area (Å²) in [7, 11) is 0. The van der Waals surface area contributed by atoms with Gasteiger partial charge in [0, 0.05) is 11.2 Å². The highest BCUT2D eigenvalue weighted by Gasteiger charge is 2.43. The molecule has 1 aliphatic heterocycles. The molecule has 2 rings (SSSR count). The summed E-state index contributed by atoms with van der Waals surface area (Å²) in [6.45, 7) is 14.8. The number of aliphatic carboxylic acids is 1. The molecule has 0 unspecified atom stereocenters. The van der Waals surface area contributed by atoms with Crippen molar-refractivity contribution in [3.05, 3.63) is 28.8 Å². The molecule has 0 radical (unpaired) electrons. The molecule has 0 saturated heterocycles. The van der Waals surface area contributed by atoms with Crippen molar-refractivity contribution in [3.63, 3.8) is 0 Å². The summed E-state index contributed by atoms with van der Waals surface area (Å²) in [5.74, 6) is -0.233. The molecule has 0 aliphatic carbocycles. The largest absolute Gasteiger partial charge is 0.480 e. The number of nitrogens with zero attached hydrogens (tertiary/aromatic N) is 1. The second-order valence-electron chi connectivity index (χ2n) is 7.81. The fourth-order valence-corrected chi connectivity index (χ4v) is 3.93. The Morgan fingerprint density at radius 3 is 2.32 bits per heavy atom. The monoisotopic (exact) mass is 303 g/mol. The molecule has 1 N–H and O–H groups in total. The first kappa shape index (κ1) is 16.9. The molecule has 22 heavy (non-hydrogen) atoms. The molecular formula is C19H29NO2. The minimum absolute atomic E-state index is 0.0552. The minimum Gasteiger partial charge on any atom is -0.480 e. The molecule has 0 spiro atoms. The van der Waals surface area contributed by atoms with Crippen LogP contribution in [0.3, 0.4) is 0 Å². The third-order valence-electron chi connectivity index (χ3n) is 5.05. The van der Waals surface area contributed by atoms with Crippen LogP contribution in [0.1, 0.15) is 63.6 Å². The van der Waals surface area contributed by atoms with Crippen LogP contribution in [-0.4, -0.2) is 22.7 Å². The van der Waals surface area contributed by atoms with Crippen molar-refractivity contribution in [3.8, 4) is 0 Å². The Labute approximate surface area is 134 Å². The smallest absolute Gasteiger partial charge is 0.326 e. The van der Waals surface area contributed by atoms with E-state index in [1.165, 1.54) is 16.7 Å². The highest BCUT2D eigenvalue weighted by Crippen LogP contribution is 2.46. The Morgan fingerprint density at radius 1 is 1.27 bits per heavy atom. The molecule has 1 aliphatic rings.